The van der Waals surface area contributed by atoms with Crippen molar-refractivity contribution in [1.29, 1.82) is 0 Å². The molecule has 4 heteroatoms. The van der Waals surface area contributed by atoms with Crippen molar-refractivity contribution in [2.24, 2.45) is 0 Å². The number of hydrogen-bond acceptors (Lipinski definition) is 4. The zero-order chi connectivity index (χ0) is 13.5. The molecule has 2 aliphatic rings. The summed E-state index contributed by atoms with van der Waals surface area (Å²) in [7, 11) is 2.22. The first kappa shape index (κ1) is 13.5. The average Bonchev–Trinajstić information content (AvgIpc) is 3.04. The van der Waals surface area contributed by atoms with Gasteiger partial charge in [0.15, 0.2) is 0 Å². The standard InChI is InChI=1S/C15H25N3S/c1-11(2)13-10-19-14(16-13)15(17-12-4-5-12)6-8-18(3)9-7-15/h10-12,17H,4-9H2,1-3H3. The molecule has 106 valence electrons. The quantitative estimate of drug-likeness (QED) is 0.918. The number of nitrogens with zero attached hydrogens (tertiary/aromatic N) is 2. The van der Waals surface area contributed by atoms with Gasteiger partial charge in [-0.05, 0) is 38.6 Å². The van der Waals surface area contributed by atoms with E-state index in [1.807, 2.05) is 11.3 Å². The summed E-state index contributed by atoms with van der Waals surface area (Å²) in [5.74, 6) is 0.536. The summed E-state index contributed by atoms with van der Waals surface area (Å²) in [4.78, 5) is 7.38. The van der Waals surface area contributed by atoms with Crippen LogP contribution >= 0.6 is 11.3 Å². The molecule has 1 aliphatic heterocycles. The van der Waals surface area contributed by atoms with Crippen LogP contribution in [-0.4, -0.2) is 36.1 Å². The Bertz CT molecular complexity index is 428. The first-order valence-corrected chi connectivity index (χ1v) is 8.39. The summed E-state index contributed by atoms with van der Waals surface area (Å²) in [6, 6.07) is 0.745. The highest BCUT2D eigenvalue weighted by Gasteiger charge is 2.41. The lowest BCUT2D eigenvalue weighted by molar-refractivity contribution is 0.154. The van der Waals surface area contributed by atoms with Crippen molar-refractivity contribution in [2.75, 3.05) is 20.1 Å². The van der Waals surface area contributed by atoms with Crippen LogP contribution in [0.4, 0.5) is 0 Å². The highest BCUT2D eigenvalue weighted by molar-refractivity contribution is 7.09. The van der Waals surface area contributed by atoms with Crippen LogP contribution in [0, 0.1) is 0 Å². The average molecular weight is 279 g/mol. The number of likely N-dealkylation sites (tertiary alicyclic amines) is 1. The second-order valence-electron chi connectivity index (χ2n) is 6.54. The van der Waals surface area contributed by atoms with E-state index in [0.29, 0.717) is 5.92 Å². The van der Waals surface area contributed by atoms with Gasteiger partial charge >= 0.3 is 0 Å². The van der Waals surface area contributed by atoms with Gasteiger partial charge in [-0.1, -0.05) is 13.8 Å². The van der Waals surface area contributed by atoms with Gasteiger partial charge in [0.1, 0.15) is 5.01 Å². The molecule has 0 radical (unpaired) electrons. The van der Waals surface area contributed by atoms with E-state index in [1.54, 1.807) is 0 Å². The molecule has 0 aromatic carbocycles. The van der Waals surface area contributed by atoms with Gasteiger partial charge in [-0.25, -0.2) is 4.98 Å². The molecule has 3 rings (SSSR count). The molecular weight excluding hydrogens is 254 g/mol. The van der Waals surface area contributed by atoms with Crippen LogP contribution < -0.4 is 5.32 Å². The Hall–Kier alpha value is -0.450. The Morgan fingerprint density at radius 1 is 1.37 bits per heavy atom. The van der Waals surface area contributed by atoms with Crippen LogP contribution in [0.5, 0.6) is 0 Å². The molecule has 1 aromatic rings. The molecule has 2 heterocycles. The summed E-state index contributed by atoms with van der Waals surface area (Å²) < 4.78 is 0. The second-order valence-corrected chi connectivity index (χ2v) is 7.39. The number of nitrogens with one attached hydrogen (secondary N) is 1. The van der Waals surface area contributed by atoms with Crippen molar-refractivity contribution in [3.63, 3.8) is 0 Å². The van der Waals surface area contributed by atoms with E-state index in [1.165, 1.54) is 49.5 Å². The summed E-state index contributed by atoms with van der Waals surface area (Å²) >= 11 is 1.86. The minimum atomic E-state index is 0.158. The SMILES string of the molecule is CC(C)c1csc(C2(NC3CC3)CCN(C)CC2)n1. The molecule has 0 atom stereocenters. The topological polar surface area (TPSA) is 28.2 Å². The van der Waals surface area contributed by atoms with E-state index in [9.17, 15) is 0 Å². The third-order valence-electron chi connectivity index (χ3n) is 4.42. The Morgan fingerprint density at radius 3 is 2.58 bits per heavy atom. The highest BCUT2D eigenvalue weighted by Crippen LogP contribution is 2.38. The summed E-state index contributed by atoms with van der Waals surface area (Å²) in [6.07, 6.45) is 5.09. The minimum absolute atomic E-state index is 0.158. The van der Waals surface area contributed by atoms with Crippen LogP contribution in [0.15, 0.2) is 5.38 Å². The summed E-state index contributed by atoms with van der Waals surface area (Å²) in [6.45, 7) is 6.82. The second kappa shape index (κ2) is 5.15. The molecule has 2 fully saturated rings. The maximum atomic E-state index is 4.95. The minimum Gasteiger partial charge on any atom is -0.306 e. The zero-order valence-corrected chi connectivity index (χ0v) is 13.1. The van der Waals surface area contributed by atoms with Gasteiger partial charge in [0, 0.05) is 24.5 Å². The molecule has 0 unspecified atom stereocenters. The number of aromatic nitrogens is 1. The fourth-order valence-corrected chi connectivity index (χ4v) is 4.01. The van der Waals surface area contributed by atoms with E-state index in [-0.39, 0.29) is 5.54 Å². The number of thiazole rings is 1. The molecule has 19 heavy (non-hydrogen) atoms. The molecule has 1 N–H and O–H groups in total. The smallest absolute Gasteiger partial charge is 0.113 e. The summed E-state index contributed by atoms with van der Waals surface area (Å²) in [5, 5.41) is 7.51. The molecule has 1 saturated heterocycles. The lowest BCUT2D eigenvalue weighted by atomic mass is 9.88. The lowest BCUT2D eigenvalue weighted by Crippen LogP contribution is -2.51. The van der Waals surface area contributed by atoms with Gasteiger partial charge in [0.25, 0.3) is 0 Å². The van der Waals surface area contributed by atoms with E-state index in [2.05, 4.69) is 36.5 Å². The van der Waals surface area contributed by atoms with Crippen LogP contribution in [-0.2, 0) is 5.54 Å². The van der Waals surface area contributed by atoms with Gasteiger partial charge in [-0.15, -0.1) is 11.3 Å². The van der Waals surface area contributed by atoms with E-state index in [0.717, 1.165) is 6.04 Å². The molecular formula is C15H25N3S. The van der Waals surface area contributed by atoms with Gasteiger partial charge < -0.3 is 10.2 Å². The van der Waals surface area contributed by atoms with Crippen molar-refractivity contribution in [3.8, 4) is 0 Å². The van der Waals surface area contributed by atoms with E-state index < -0.39 is 0 Å². The fraction of sp³-hybridized carbons (Fsp3) is 0.800. The molecule has 1 aromatic heterocycles. The number of rotatable bonds is 4. The number of hydrogen-bond donors (Lipinski definition) is 1. The van der Waals surface area contributed by atoms with Crippen molar-refractivity contribution < 1.29 is 0 Å². The maximum Gasteiger partial charge on any atom is 0.113 e. The first-order chi connectivity index (χ1) is 9.09. The Morgan fingerprint density at radius 2 is 2.05 bits per heavy atom. The molecule has 3 nitrogen and oxygen atoms in total. The third-order valence-corrected chi connectivity index (χ3v) is 5.49. The van der Waals surface area contributed by atoms with Crippen LogP contribution in [0.3, 0.4) is 0 Å². The highest BCUT2D eigenvalue weighted by atomic mass is 32.1. The summed E-state index contributed by atoms with van der Waals surface area (Å²) in [5.41, 5.74) is 1.42. The number of piperidine rings is 1. The molecule has 0 spiro atoms. The Labute approximate surface area is 120 Å². The predicted octanol–water partition coefficient (Wildman–Crippen LogP) is 2.94. The predicted molar refractivity (Wildman–Crippen MR) is 80.8 cm³/mol. The van der Waals surface area contributed by atoms with Crippen molar-refractivity contribution in [2.45, 2.75) is 57.0 Å². The van der Waals surface area contributed by atoms with Gasteiger partial charge in [-0.3, -0.25) is 0 Å². The van der Waals surface area contributed by atoms with Crippen molar-refractivity contribution in [1.82, 2.24) is 15.2 Å². The van der Waals surface area contributed by atoms with E-state index >= 15 is 0 Å². The normalized spacial score (nSPS) is 24.0. The molecule has 1 saturated carbocycles. The van der Waals surface area contributed by atoms with Gasteiger partial charge in [0.05, 0.1) is 11.2 Å². The van der Waals surface area contributed by atoms with Crippen LogP contribution in [0.25, 0.3) is 0 Å². The molecule has 0 amide bonds. The van der Waals surface area contributed by atoms with Crippen molar-refractivity contribution >= 4 is 11.3 Å². The third kappa shape index (κ3) is 2.86. The molecule has 1 aliphatic carbocycles. The fourth-order valence-electron chi connectivity index (χ4n) is 2.81. The van der Waals surface area contributed by atoms with Crippen LogP contribution in [0.1, 0.15) is 56.2 Å². The van der Waals surface area contributed by atoms with Gasteiger partial charge in [-0.2, -0.15) is 0 Å². The molecule has 0 bridgehead atoms. The maximum absolute atomic E-state index is 4.95. The van der Waals surface area contributed by atoms with E-state index in [4.69, 9.17) is 4.98 Å². The largest absolute Gasteiger partial charge is 0.306 e. The van der Waals surface area contributed by atoms with Gasteiger partial charge in [0.2, 0.25) is 0 Å². The first-order valence-electron chi connectivity index (χ1n) is 7.51. The van der Waals surface area contributed by atoms with Crippen LogP contribution in [0.2, 0.25) is 0 Å². The monoisotopic (exact) mass is 279 g/mol. The Kier molecular flexibility index (Phi) is 3.67. The lowest BCUT2D eigenvalue weighted by Gasteiger charge is -2.40. The van der Waals surface area contributed by atoms with Crippen molar-refractivity contribution in [3.05, 3.63) is 16.1 Å². The zero-order valence-electron chi connectivity index (χ0n) is 12.3. The Balaban J connectivity index is 1.84.